The Morgan fingerprint density at radius 3 is 2.44 bits per heavy atom. The maximum absolute atomic E-state index is 11.6. The molecular formula is C13H21ClN2O2. The second kappa shape index (κ2) is 8.78. The quantitative estimate of drug-likeness (QED) is 0.823. The molecule has 102 valence electrons. The summed E-state index contributed by atoms with van der Waals surface area (Å²) in [6, 6.07) is 7.81. The zero-order valence-corrected chi connectivity index (χ0v) is 11.8. The van der Waals surface area contributed by atoms with Gasteiger partial charge in [-0.1, -0.05) is 12.1 Å². The Bertz CT molecular complexity index is 355. The lowest BCUT2D eigenvalue weighted by Crippen LogP contribution is -2.37. The number of ether oxygens (including phenoxy) is 1. The molecule has 0 saturated carbocycles. The van der Waals surface area contributed by atoms with Gasteiger partial charge in [-0.25, -0.2) is 0 Å². The highest BCUT2D eigenvalue weighted by Gasteiger charge is 2.05. The van der Waals surface area contributed by atoms with Gasteiger partial charge in [-0.2, -0.15) is 0 Å². The van der Waals surface area contributed by atoms with Crippen molar-refractivity contribution in [2.24, 2.45) is 0 Å². The summed E-state index contributed by atoms with van der Waals surface area (Å²) in [6.45, 7) is 2.67. The Morgan fingerprint density at radius 1 is 1.33 bits per heavy atom. The van der Waals surface area contributed by atoms with E-state index in [0.29, 0.717) is 13.0 Å². The fraction of sp³-hybridized carbons (Fsp3) is 0.462. The van der Waals surface area contributed by atoms with Crippen LogP contribution in [0.25, 0.3) is 0 Å². The van der Waals surface area contributed by atoms with E-state index in [4.69, 9.17) is 4.74 Å². The first kappa shape index (κ1) is 16.7. The Kier molecular flexibility index (Phi) is 8.16. The number of nitrogens with one attached hydrogen (secondary N) is 2. The van der Waals surface area contributed by atoms with Crippen molar-refractivity contribution in [1.29, 1.82) is 0 Å². The molecule has 0 aliphatic rings. The third-order valence-electron chi connectivity index (χ3n) is 2.62. The third-order valence-corrected chi connectivity index (χ3v) is 2.62. The van der Waals surface area contributed by atoms with Gasteiger partial charge in [-0.15, -0.1) is 12.4 Å². The minimum Gasteiger partial charge on any atom is -0.497 e. The van der Waals surface area contributed by atoms with E-state index in [-0.39, 0.29) is 24.4 Å². The molecule has 0 heterocycles. The van der Waals surface area contributed by atoms with Crippen LogP contribution in [0.15, 0.2) is 24.3 Å². The van der Waals surface area contributed by atoms with E-state index < -0.39 is 0 Å². The molecule has 2 N–H and O–H groups in total. The number of rotatable bonds is 6. The Balaban J connectivity index is 0.00000289. The van der Waals surface area contributed by atoms with Crippen LogP contribution in [-0.2, 0) is 11.2 Å². The van der Waals surface area contributed by atoms with Gasteiger partial charge in [0.05, 0.1) is 13.5 Å². The highest BCUT2D eigenvalue weighted by Crippen LogP contribution is 2.11. The maximum atomic E-state index is 11.6. The third kappa shape index (κ3) is 5.89. The molecule has 0 aliphatic heterocycles. The van der Waals surface area contributed by atoms with Gasteiger partial charge in [-0.05, 0) is 31.7 Å². The normalized spacial score (nSPS) is 11.3. The van der Waals surface area contributed by atoms with Crippen molar-refractivity contribution in [3.63, 3.8) is 0 Å². The van der Waals surface area contributed by atoms with Crippen LogP contribution in [0.3, 0.4) is 0 Å². The van der Waals surface area contributed by atoms with Crippen LogP contribution in [0.1, 0.15) is 12.5 Å². The largest absolute Gasteiger partial charge is 0.497 e. The van der Waals surface area contributed by atoms with E-state index in [1.165, 1.54) is 0 Å². The summed E-state index contributed by atoms with van der Waals surface area (Å²) in [7, 11) is 3.50. The SMILES string of the molecule is CNC(C)CNC(=O)Cc1ccc(OC)cc1.Cl. The standard InChI is InChI=1S/C13H20N2O2.ClH/c1-10(14-2)9-15-13(16)8-11-4-6-12(17-3)7-5-11;/h4-7,10,14H,8-9H2,1-3H3,(H,15,16);1H. The first-order valence-electron chi connectivity index (χ1n) is 5.72. The summed E-state index contributed by atoms with van der Waals surface area (Å²) < 4.78 is 5.06. The molecule has 0 fully saturated rings. The molecule has 1 unspecified atom stereocenters. The van der Waals surface area contributed by atoms with Gasteiger partial charge >= 0.3 is 0 Å². The molecule has 0 bridgehead atoms. The monoisotopic (exact) mass is 272 g/mol. The van der Waals surface area contributed by atoms with Crippen molar-refractivity contribution in [1.82, 2.24) is 10.6 Å². The molecule has 5 heteroatoms. The zero-order valence-electron chi connectivity index (χ0n) is 11.0. The van der Waals surface area contributed by atoms with Crippen molar-refractivity contribution < 1.29 is 9.53 Å². The second-order valence-electron chi connectivity index (χ2n) is 4.02. The average Bonchev–Trinajstić information content (AvgIpc) is 2.36. The van der Waals surface area contributed by atoms with E-state index in [1.807, 2.05) is 38.2 Å². The topological polar surface area (TPSA) is 50.4 Å². The van der Waals surface area contributed by atoms with Crippen molar-refractivity contribution in [3.05, 3.63) is 29.8 Å². The summed E-state index contributed by atoms with van der Waals surface area (Å²) in [5.74, 6) is 0.843. The van der Waals surface area contributed by atoms with Gasteiger partial charge in [-0.3, -0.25) is 4.79 Å². The molecule has 4 nitrogen and oxygen atoms in total. The van der Waals surface area contributed by atoms with Gasteiger partial charge in [0.25, 0.3) is 0 Å². The Hall–Kier alpha value is -1.26. The molecule has 0 radical (unpaired) electrons. The molecule has 1 aromatic carbocycles. The van der Waals surface area contributed by atoms with Crippen molar-refractivity contribution in [2.45, 2.75) is 19.4 Å². The molecule has 1 aromatic rings. The predicted octanol–water partition coefficient (Wildman–Crippen LogP) is 1.38. The van der Waals surface area contributed by atoms with E-state index >= 15 is 0 Å². The van der Waals surface area contributed by atoms with Crippen LogP contribution in [0.2, 0.25) is 0 Å². The number of halogens is 1. The number of methoxy groups -OCH3 is 1. The van der Waals surface area contributed by atoms with Gasteiger partial charge in [0.2, 0.25) is 5.91 Å². The van der Waals surface area contributed by atoms with Crippen LogP contribution < -0.4 is 15.4 Å². The number of carbonyl (C=O) groups excluding carboxylic acids is 1. The average molecular weight is 273 g/mol. The van der Waals surface area contributed by atoms with Crippen molar-refractivity contribution in [2.75, 3.05) is 20.7 Å². The predicted molar refractivity (Wildman–Crippen MR) is 75.5 cm³/mol. The van der Waals surface area contributed by atoms with Crippen LogP contribution >= 0.6 is 12.4 Å². The lowest BCUT2D eigenvalue weighted by molar-refractivity contribution is -0.120. The van der Waals surface area contributed by atoms with Gasteiger partial charge in [0.1, 0.15) is 5.75 Å². The first-order valence-corrected chi connectivity index (χ1v) is 5.72. The summed E-state index contributed by atoms with van der Waals surface area (Å²) >= 11 is 0. The number of carbonyl (C=O) groups is 1. The molecule has 0 aromatic heterocycles. The van der Waals surface area contributed by atoms with Crippen molar-refractivity contribution >= 4 is 18.3 Å². The fourth-order valence-electron chi connectivity index (χ4n) is 1.36. The number of likely N-dealkylation sites (N-methyl/N-ethyl adjacent to an activating group) is 1. The molecule has 0 spiro atoms. The zero-order chi connectivity index (χ0) is 12.7. The lowest BCUT2D eigenvalue weighted by atomic mass is 10.1. The molecule has 1 atom stereocenters. The molecular weight excluding hydrogens is 252 g/mol. The van der Waals surface area contributed by atoms with Crippen LogP contribution in [0, 0.1) is 0 Å². The minimum absolute atomic E-state index is 0. The highest BCUT2D eigenvalue weighted by atomic mass is 35.5. The minimum atomic E-state index is 0. The Morgan fingerprint density at radius 2 is 1.94 bits per heavy atom. The highest BCUT2D eigenvalue weighted by molar-refractivity contribution is 5.85. The molecule has 1 amide bonds. The summed E-state index contributed by atoms with van der Waals surface area (Å²) in [5, 5.41) is 5.95. The summed E-state index contributed by atoms with van der Waals surface area (Å²) in [4.78, 5) is 11.6. The lowest BCUT2D eigenvalue weighted by Gasteiger charge is -2.11. The first-order chi connectivity index (χ1) is 8.15. The molecule has 18 heavy (non-hydrogen) atoms. The van der Waals surface area contributed by atoms with Crippen LogP contribution in [0.4, 0.5) is 0 Å². The van der Waals surface area contributed by atoms with Crippen LogP contribution in [-0.4, -0.2) is 32.7 Å². The molecule has 0 saturated heterocycles. The summed E-state index contributed by atoms with van der Waals surface area (Å²) in [5.41, 5.74) is 0.986. The van der Waals surface area contributed by atoms with E-state index in [0.717, 1.165) is 11.3 Å². The number of amides is 1. The number of hydrogen-bond donors (Lipinski definition) is 2. The second-order valence-corrected chi connectivity index (χ2v) is 4.02. The van der Waals surface area contributed by atoms with Gasteiger partial charge in [0, 0.05) is 12.6 Å². The summed E-state index contributed by atoms with van der Waals surface area (Å²) in [6.07, 6.45) is 0.403. The fourth-order valence-corrected chi connectivity index (χ4v) is 1.36. The smallest absolute Gasteiger partial charge is 0.224 e. The molecule has 1 rings (SSSR count). The van der Waals surface area contributed by atoms with E-state index in [9.17, 15) is 4.79 Å². The van der Waals surface area contributed by atoms with E-state index in [2.05, 4.69) is 10.6 Å². The number of benzene rings is 1. The van der Waals surface area contributed by atoms with Crippen molar-refractivity contribution in [3.8, 4) is 5.75 Å². The maximum Gasteiger partial charge on any atom is 0.224 e. The van der Waals surface area contributed by atoms with Crippen LogP contribution in [0.5, 0.6) is 5.75 Å². The molecule has 0 aliphatic carbocycles. The Labute approximate surface area is 115 Å². The van der Waals surface area contributed by atoms with Gasteiger partial charge < -0.3 is 15.4 Å². The number of hydrogen-bond acceptors (Lipinski definition) is 3. The van der Waals surface area contributed by atoms with E-state index in [1.54, 1.807) is 7.11 Å². The van der Waals surface area contributed by atoms with Gasteiger partial charge in [0.15, 0.2) is 0 Å².